The molecule has 2 heterocycles. The van der Waals surface area contributed by atoms with E-state index in [9.17, 15) is 14.9 Å². The highest BCUT2D eigenvalue weighted by Gasteiger charge is 2.12. The van der Waals surface area contributed by atoms with Crippen LogP contribution in [0.15, 0.2) is 52.0 Å². The van der Waals surface area contributed by atoms with Crippen molar-refractivity contribution < 1.29 is 9.34 Å². The molecule has 0 aliphatic rings. The number of nitrogens with zero attached hydrogens (tertiary/aromatic N) is 4. The van der Waals surface area contributed by atoms with Gasteiger partial charge in [-0.05, 0) is 30.7 Å². The zero-order chi connectivity index (χ0) is 18.0. The van der Waals surface area contributed by atoms with Crippen molar-refractivity contribution in [3.63, 3.8) is 0 Å². The Kier molecular flexibility index (Phi) is 4.14. The molecule has 2 aromatic heterocycles. The van der Waals surface area contributed by atoms with E-state index in [0.717, 1.165) is 0 Å². The largest absolute Gasteiger partial charge is 0.444 e. The van der Waals surface area contributed by atoms with Gasteiger partial charge in [0.25, 0.3) is 11.2 Å². The number of aryl methyl sites for hydroxylation is 1. The number of non-ortho nitro benzene ring substituents is 1. The molecule has 3 rings (SSSR count). The fraction of sp³-hybridized carbons (Fsp3) is 0.118. The second-order valence-corrected chi connectivity index (χ2v) is 5.37. The SMILES string of the molecule is Cc1ccn(Cc2coc(-c3ccc([N+](=O)[O-])cc3)n2)c(=O)c1C#N. The molecule has 0 aliphatic carbocycles. The number of pyridine rings is 1. The summed E-state index contributed by atoms with van der Waals surface area (Å²) in [6, 6.07) is 9.41. The van der Waals surface area contributed by atoms with Gasteiger partial charge in [-0.1, -0.05) is 0 Å². The lowest BCUT2D eigenvalue weighted by molar-refractivity contribution is -0.384. The van der Waals surface area contributed by atoms with Crippen molar-refractivity contribution >= 4 is 5.69 Å². The van der Waals surface area contributed by atoms with Crippen molar-refractivity contribution in [2.45, 2.75) is 13.5 Å². The maximum atomic E-state index is 12.2. The second-order valence-electron chi connectivity index (χ2n) is 5.37. The van der Waals surface area contributed by atoms with Crippen LogP contribution in [0.2, 0.25) is 0 Å². The number of hydrogen-bond donors (Lipinski definition) is 0. The van der Waals surface area contributed by atoms with E-state index in [0.29, 0.717) is 22.7 Å². The number of oxazole rings is 1. The zero-order valence-corrected chi connectivity index (χ0v) is 13.2. The quantitative estimate of drug-likeness (QED) is 0.534. The van der Waals surface area contributed by atoms with E-state index in [4.69, 9.17) is 9.68 Å². The van der Waals surface area contributed by atoms with Crippen molar-refractivity contribution in [2.75, 3.05) is 0 Å². The minimum Gasteiger partial charge on any atom is -0.444 e. The van der Waals surface area contributed by atoms with Crippen LogP contribution in [0.3, 0.4) is 0 Å². The Bertz CT molecular complexity index is 1040. The molecule has 0 amide bonds. The van der Waals surface area contributed by atoms with Gasteiger partial charge in [0, 0.05) is 23.9 Å². The van der Waals surface area contributed by atoms with Gasteiger partial charge >= 0.3 is 0 Å². The molecule has 0 unspecified atom stereocenters. The van der Waals surface area contributed by atoms with E-state index in [1.54, 1.807) is 31.3 Å². The van der Waals surface area contributed by atoms with Crippen LogP contribution in [0.25, 0.3) is 11.5 Å². The van der Waals surface area contributed by atoms with E-state index in [2.05, 4.69) is 4.98 Å². The molecule has 0 radical (unpaired) electrons. The predicted octanol–water partition coefficient (Wildman–Crippen LogP) is 2.64. The Balaban J connectivity index is 1.87. The summed E-state index contributed by atoms with van der Waals surface area (Å²) in [5.74, 6) is 0.297. The third-order valence-electron chi connectivity index (χ3n) is 3.69. The first-order valence-corrected chi connectivity index (χ1v) is 7.29. The maximum Gasteiger partial charge on any atom is 0.269 e. The van der Waals surface area contributed by atoms with Crippen LogP contribution in [0.4, 0.5) is 5.69 Å². The molecule has 0 fully saturated rings. The lowest BCUT2D eigenvalue weighted by Crippen LogP contribution is -2.23. The monoisotopic (exact) mass is 336 g/mol. The lowest BCUT2D eigenvalue weighted by atomic mass is 10.2. The van der Waals surface area contributed by atoms with E-state index in [-0.39, 0.29) is 23.4 Å². The Morgan fingerprint density at radius 1 is 1.32 bits per heavy atom. The minimum atomic E-state index is -0.485. The Hall–Kier alpha value is -3.73. The predicted molar refractivity (Wildman–Crippen MR) is 87.8 cm³/mol. The number of hydrogen-bond acceptors (Lipinski definition) is 6. The topological polar surface area (TPSA) is 115 Å². The van der Waals surface area contributed by atoms with E-state index < -0.39 is 4.92 Å². The first-order valence-electron chi connectivity index (χ1n) is 7.29. The van der Waals surface area contributed by atoms with E-state index in [1.165, 1.54) is 23.0 Å². The van der Waals surface area contributed by atoms with Crippen molar-refractivity contribution in [3.05, 3.63) is 80.1 Å². The summed E-state index contributed by atoms with van der Waals surface area (Å²) in [5.41, 5.74) is 1.40. The molecule has 8 heteroatoms. The lowest BCUT2D eigenvalue weighted by Gasteiger charge is -2.04. The van der Waals surface area contributed by atoms with Crippen molar-refractivity contribution in [2.24, 2.45) is 0 Å². The Morgan fingerprint density at radius 2 is 2.04 bits per heavy atom. The Morgan fingerprint density at radius 3 is 2.68 bits per heavy atom. The summed E-state index contributed by atoms with van der Waals surface area (Å²) in [6.45, 7) is 1.86. The number of nitro groups is 1. The summed E-state index contributed by atoms with van der Waals surface area (Å²) >= 11 is 0. The van der Waals surface area contributed by atoms with Crippen molar-refractivity contribution in [1.29, 1.82) is 5.26 Å². The molecule has 0 aliphatic heterocycles. The molecular formula is C17H12N4O4. The summed E-state index contributed by atoms with van der Waals surface area (Å²) in [6.07, 6.45) is 3.01. The molecule has 0 atom stereocenters. The standard InChI is InChI=1S/C17H12N4O4/c1-11-6-7-20(17(22)15(11)8-18)9-13-10-25-16(19-13)12-2-4-14(5-3-12)21(23)24/h2-7,10H,9H2,1H3. The van der Waals surface area contributed by atoms with Gasteiger partial charge in [-0.3, -0.25) is 14.9 Å². The highest BCUT2D eigenvalue weighted by Crippen LogP contribution is 2.22. The van der Waals surface area contributed by atoms with Gasteiger partial charge in [-0.25, -0.2) is 4.98 Å². The highest BCUT2D eigenvalue weighted by atomic mass is 16.6. The van der Waals surface area contributed by atoms with E-state index in [1.807, 2.05) is 6.07 Å². The van der Waals surface area contributed by atoms with Gasteiger partial charge in [0.2, 0.25) is 5.89 Å². The highest BCUT2D eigenvalue weighted by molar-refractivity contribution is 5.55. The van der Waals surface area contributed by atoms with Crippen LogP contribution >= 0.6 is 0 Å². The summed E-state index contributed by atoms with van der Waals surface area (Å²) in [4.78, 5) is 26.7. The number of aromatic nitrogens is 2. The third-order valence-corrected chi connectivity index (χ3v) is 3.69. The molecule has 124 valence electrons. The average Bonchev–Trinajstić information content (AvgIpc) is 3.06. The third kappa shape index (κ3) is 3.16. The molecule has 3 aromatic rings. The molecule has 0 bridgehead atoms. The number of benzene rings is 1. The molecule has 1 aromatic carbocycles. The minimum absolute atomic E-state index is 0.0224. The second kappa shape index (κ2) is 6.41. The van der Waals surface area contributed by atoms with Crippen molar-refractivity contribution in [1.82, 2.24) is 9.55 Å². The van der Waals surface area contributed by atoms with Crippen LogP contribution in [0.1, 0.15) is 16.8 Å². The first-order chi connectivity index (χ1) is 12.0. The van der Waals surface area contributed by atoms with Crippen LogP contribution in [0.5, 0.6) is 0 Å². The van der Waals surface area contributed by atoms with Crippen molar-refractivity contribution in [3.8, 4) is 17.5 Å². The van der Waals surface area contributed by atoms with Crippen LogP contribution in [0, 0.1) is 28.4 Å². The van der Waals surface area contributed by atoms with Gasteiger partial charge in [0.1, 0.15) is 17.9 Å². The molecule has 0 saturated carbocycles. The average molecular weight is 336 g/mol. The molecular weight excluding hydrogens is 324 g/mol. The first kappa shape index (κ1) is 16.1. The zero-order valence-electron chi connectivity index (χ0n) is 13.2. The van der Waals surface area contributed by atoms with Crippen LogP contribution in [-0.2, 0) is 6.54 Å². The molecule has 25 heavy (non-hydrogen) atoms. The molecule has 8 nitrogen and oxygen atoms in total. The molecule has 0 N–H and O–H groups in total. The van der Waals surface area contributed by atoms with Gasteiger partial charge in [0.15, 0.2) is 0 Å². The summed E-state index contributed by atoms with van der Waals surface area (Å²) < 4.78 is 6.76. The van der Waals surface area contributed by atoms with Crippen LogP contribution in [-0.4, -0.2) is 14.5 Å². The Labute approximate surface area is 141 Å². The smallest absolute Gasteiger partial charge is 0.269 e. The fourth-order valence-corrected chi connectivity index (χ4v) is 2.34. The van der Waals surface area contributed by atoms with Gasteiger partial charge in [-0.15, -0.1) is 0 Å². The summed E-state index contributed by atoms with van der Waals surface area (Å²) in [7, 11) is 0. The molecule has 0 spiro atoms. The van der Waals surface area contributed by atoms with Crippen LogP contribution < -0.4 is 5.56 Å². The summed E-state index contributed by atoms with van der Waals surface area (Å²) in [5, 5.41) is 19.7. The van der Waals surface area contributed by atoms with Gasteiger partial charge < -0.3 is 8.98 Å². The number of rotatable bonds is 4. The van der Waals surface area contributed by atoms with E-state index >= 15 is 0 Å². The number of nitro benzene ring substituents is 1. The maximum absolute atomic E-state index is 12.2. The van der Waals surface area contributed by atoms with Gasteiger partial charge in [0.05, 0.1) is 17.2 Å². The molecule has 0 saturated heterocycles. The normalized spacial score (nSPS) is 10.4. The number of nitriles is 1. The fourth-order valence-electron chi connectivity index (χ4n) is 2.34. The van der Waals surface area contributed by atoms with Gasteiger partial charge in [-0.2, -0.15) is 5.26 Å².